The van der Waals surface area contributed by atoms with Crippen molar-refractivity contribution in [1.29, 1.82) is 0 Å². The topological polar surface area (TPSA) is 108 Å². The number of para-hydroxylation sites is 1. The second kappa shape index (κ2) is 11.5. The molecule has 0 radical (unpaired) electrons. The van der Waals surface area contributed by atoms with Crippen LogP contribution in [0.4, 0.5) is 11.4 Å². The average molecular weight is 383 g/mol. The lowest BCUT2D eigenvalue weighted by molar-refractivity contribution is -0.129. The van der Waals surface area contributed by atoms with E-state index in [4.69, 9.17) is 5.21 Å². The fraction of sp³-hybridized carbons (Fsp3) is 0.286. The summed E-state index contributed by atoms with van der Waals surface area (Å²) >= 11 is 0. The number of benzene rings is 2. The SMILES string of the molecule is O=C(CCCCCCC(=O)Nc1ccc(C(=O)Nc2ccccc2)cc1)NO. The second-order valence-corrected chi connectivity index (χ2v) is 6.39. The first-order valence-corrected chi connectivity index (χ1v) is 9.28. The van der Waals surface area contributed by atoms with E-state index in [2.05, 4.69) is 10.6 Å². The first-order valence-electron chi connectivity index (χ1n) is 9.28. The third-order valence-electron chi connectivity index (χ3n) is 4.14. The van der Waals surface area contributed by atoms with E-state index in [1.165, 1.54) is 0 Å². The Labute approximate surface area is 164 Å². The molecule has 2 aromatic carbocycles. The molecular formula is C21H25N3O4. The number of hydrogen-bond acceptors (Lipinski definition) is 4. The molecule has 0 aliphatic heterocycles. The summed E-state index contributed by atoms with van der Waals surface area (Å²) in [6.45, 7) is 0. The first-order chi connectivity index (χ1) is 13.6. The van der Waals surface area contributed by atoms with Crippen LogP contribution in [-0.2, 0) is 9.59 Å². The molecule has 2 rings (SSSR count). The minimum absolute atomic E-state index is 0.0883. The summed E-state index contributed by atoms with van der Waals surface area (Å²) in [5, 5.41) is 14.0. The number of amides is 3. The predicted molar refractivity (Wildman–Crippen MR) is 107 cm³/mol. The van der Waals surface area contributed by atoms with Gasteiger partial charge in [0.2, 0.25) is 11.8 Å². The zero-order valence-electron chi connectivity index (χ0n) is 15.6. The van der Waals surface area contributed by atoms with E-state index >= 15 is 0 Å². The zero-order chi connectivity index (χ0) is 20.2. The highest BCUT2D eigenvalue weighted by atomic mass is 16.5. The number of carbonyl (C=O) groups excluding carboxylic acids is 3. The summed E-state index contributed by atoms with van der Waals surface area (Å²) in [5.74, 6) is -0.688. The number of anilines is 2. The molecule has 0 unspecified atom stereocenters. The molecule has 0 atom stereocenters. The molecule has 0 bridgehead atoms. The van der Waals surface area contributed by atoms with Crippen LogP contribution in [-0.4, -0.2) is 22.9 Å². The van der Waals surface area contributed by atoms with Crippen molar-refractivity contribution in [2.24, 2.45) is 0 Å². The van der Waals surface area contributed by atoms with E-state index in [0.29, 0.717) is 24.1 Å². The Morgan fingerprint density at radius 3 is 1.86 bits per heavy atom. The third kappa shape index (κ3) is 7.59. The van der Waals surface area contributed by atoms with Gasteiger partial charge in [0.15, 0.2) is 0 Å². The van der Waals surface area contributed by atoms with Gasteiger partial charge >= 0.3 is 0 Å². The summed E-state index contributed by atoms with van der Waals surface area (Å²) in [6.07, 6.45) is 3.75. The quantitative estimate of drug-likeness (QED) is 0.285. The van der Waals surface area contributed by atoms with Gasteiger partial charge < -0.3 is 10.6 Å². The molecule has 0 spiro atoms. The summed E-state index contributed by atoms with van der Waals surface area (Å²) in [7, 11) is 0. The van der Waals surface area contributed by atoms with Gasteiger partial charge in [-0.2, -0.15) is 0 Å². The maximum atomic E-state index is 12.2. The van der Waals surface area contributed by atoms with E-state index in [9.17, 15) is 14.4 Å². The number of rotatable bonds is 10. The Balaban J connectivity index is 1.69. The Morgan fingerprint density at radius 1 is 0.679 bits per heavy atom. The van der Waals surface area contributed by atoms with Gasteiger partial charge in [0.05, 0.1) is 0 Å². The minimum atomic E-state index is -0.390. The van der Waals surface area contributed by atoms with Gasteiger partial charge in [-0.3, -0.25) is 19.6 Å². The van der Waals surface area contributed by atoms with Crippen LogP contribution in [0.5, 0.6) is 0 Å². The van der Waals surface area contributed by atoms with Gasteiger partial charge in [0.1, 0.15) is 0 Å². The van der Waals surface area contributed by atoms with Crippen LogP contribution in [0.2, 0.25) is 0 Å². The van der Waals surface area contributed by atoms with Crippen molar-refractivity contribution in [2.75, 3.05) is 10.6 Å². The highest BCUT2D eigenvalue weighted by Crippen LogP contribution is 2.13. The Morgan fingerprint density at radius 2 is 1.25 bits per heavy atom. The molecule has 7 heteroatoms. The van der Waals surface area contributed by atoms with Gasteiger partial charge in [-0.15, -0.1) is 0 Å². The summed E-state index contributed by atoms with van der Waals surface area (Å²) in [6, 6.07) is 15.9. The molecule has 3 amide bonds. The molecule has 0 heterocycles. The summed E-state index contributed by atoms with van der Waals surface area (Å²) < 4.78 is 0. The van der Waals surface area contributed by atoms with Crippen LogP contribution >= 0.6 is 0 Å². The van der Waals surface area contributed by atoms with Crippen LogP contribution in [0.15, 0.2) is 54.6 Å². The van der Waals surface area contributed by atoms with Crippen LogP contribution in [0.25, 0.3) is 0 Å². The smallest absolute Gasteiger partial charge is 0.255 e. The normalized spacial score (nSPS) is 10.2. The third-order valence-corrected chi connectivity index (χ3v) is 4.14. The maximum absolute atomic E-state index is 12.2. The number of hydrogen-bond donors (Lipinski definition) is 4. The van der Waals surface area contributed by atoms with Crippen LogP contribution < -0.4 is 16.1 Å². The van der Waals surface area contributed by atoms with Crippen molar-refractivity contribution < 1.29 is 19.6 Å². The second-order valence-electron chi connectivity index (χ2n) is 6.39. The van der Waals surface area contributed by atoms with Crippen LogP contribution in [0, 0.1) is 0 Å². The monoisotopic (exact) mass is 383 g/mol. The highest BCUT2D eigenvalue weighted by molar-refractivity contribution is 6.04. The van der Waals surface area contributed by atoms with Crippen molar-refractivity contribution in [3.63, 3.8) is 0 Å². The van der Waals surface area contributed by atoms with Gasteiger partial charge in [-0.1, -0.05) is 31.0 Å². The van der Waals surface area contributed by atoms with Gasteiger partial charge in [0, 0.05) is 29.8 Å². The molecule has 2 aromatic rings. The lowest BCUT2D eigenvalue weighted by atomic mass is 10.1. The fourth-order valence-electron chi connectivity index (χ4n) is 2.63. The van der Waals surface area contributed by atoms with Gasteiger partial charge in [0.25, 0.3) is 5.91 Å². The van der Waals surface area contributed by atoms with Crippen molar-refractivity contribution in [1.82, 2.24) is 5.48 Å². The number of nitrogens with one attached hydrogen (secondary N) is 3. The Bertz CT molecular complexity index is 776. The maximum Gasteiger partial charge on any atom is 0.255 e. The number of carbonyl (C=O) groups is 3. The van der Waals surface area contributed by atoms with Crippen molar-refractivity contribution in [3.05, 3.63) is 60.2 Å². The van der Waals surface area contributed by atoms with Gasteiger partial charge in [-0.05, 0) is 49.2 Å². The molecule has 28 heavy (non-hydrogen) atoms. The van der Waals surface area contributed by atoms with E-state index < -0.39 is 5.91 Å². The zero-order valence-corrected chi connectivity index (χ0v) is 15.6. The molecule has 7 nitrogen and oxygen atoms in total. The molecule has 4 N–H and O–H groups in total. The lowest BCUT2D eigenvalue weighted by Crippen LogP contribution is -2.17. The largest absolute Gasteiger partial charge is 0.326 e. The molecule has 0 aliphatic rings. The molecular weight excluding hydrogens is 358 g/mol. The van der Waals surface area contributed by atoms with Crippen molar-refractivity contribution >= 4 is 29.1 Å². The Hall–Kier alpha value is -3.19. The number of unbranched alkanes of at least 4 members (excludes halogenated alkanes) is 3. The molecule has 0 saturated carbocycles. The molecule has 0 aliphatic carbocycles. The molecule has 148 valence electrons. The van der Waals surface area contributed by atoms with E-state index in [-0.39, 0.29) is 18.2 Å². The lowest BCUT2D eigenvalue weighted by Gasteiger charge is -2.08. The Kier molecular flexibility index (Phi) is 8.68. The molecule has 0 aromatic heterocycles. The summed E-state index contributed by atoms with van der Waals surface area (Å²) in [5.41, 5.74) is 3.47. The predicted octanol–water partition coefficient (Wildman–Crippen LogP) is 3.72. The van der Waals surface area contributed by atoms with E-state index in [1.807, 2.05) is 30.3 Å². The molecule has 0 saturated heterocycles. The highest BCUT2D eigenvalue weighted by Gasteiger charge is 2.07. The summed E-state index contributed by atoms with van der Waals surface area (Å²) in [4.78, 5) is 35.0. The van der Waals surface area contributed by atoms with Crippen LogP contribution in [0.1, 0.15) is 48.9 Å². The minimum Gasteiger partial charge on any atom is -0.326 e. The van der Waals surface area contributed by atoms with Crippen LogP contribution in [0.3, 0.4) is 0 Å². The fourth-order valence-corrected chi connectivity index (χ4v) is 2.63. The van der Waals surface area contributed by atoms with Crippen molar-refractivity contribution in [3.8, 4) is 0 Å². The first kappa shape index (κ1) is 21.1. The van der Waals surface area contributed by atoms with E-state index in [1.54, 1.807) is 29.7 Å². The van der Waals surface area contributed by atoms with E-state index in [0.717, 1.165) is 24.9 Å². The van der Waals surface area contributed by atoms with Crippen molar-refractivity contribution in [2.45, 2.75) is 38.5 Å². The standard InChI is InChI=1S/C21H25N3O4/c25-19(10-6-1-2-7-11-20(26)24-28)22-18-14-12-16(13-15-18)21(27)23-17-8-4-3-5-9-17/h3-5,8-9,12-15,28H,1-2,6-7,10-11H2,(H,22,25)(H,23,27)(H,24,26). The average Bonchev–Trinajstić information content (AvgIpc) is 2.71. The molecule has 0 fully saturated rings. The number of hydroxylamine groups is 1. The van der Waals surface area contributed by atoms with Gasteiger partial charge in [-0.25, -0.2) is 5.48 Å².